The van der Waals surface area contributed by atoms with E-state index in [2.05, 4.69) is 25.2 Å². The topological polar surface area (TPSA) is 100 Å². The molecule has 0 N–H and O–H groups in total. The first-order chi connectivity index (χ1) is 18.1. The van der Waals surface area contributed by atoms with Crippen molar-refractivity contribution < 1.29 is 9.59 Å². The fraction of sp³-hybridized carbons (Fsp3) is 0.333. The Balaban J connectivity index is 1.11. The Kier molecular flexibility index (Phi) is 5.99. The van der Waals surface area contributed by atoms with Crippen molar-refractivity contribution in [1.82, 2.24) is 29.9 Å². The third-order valence-corrected chi connectivity index (χ3v) is 7.17. The van der Waals surface area contributed by atoms with Crippen LogP contribution in [0.3, 0.4) is 0 Å². The monoisotopic (exact) mass is 496 g/mol. The molecule has 37 heavy (non-hydrogen) atoms. The van der Waals surface area contributed by atoms with Gasteiger partial charge in [0, 0.05) is 44.8 Å². The summed E-state index contributed by atoms with van der Waals surface area (Å²) < 4.78 is 1.78. The summed E-state index contributed by atoms with van der Waals surface area (Å²) in [6.45, 7) is 5.42. The molecule has 6 rings (SSSR count). The van der Waals surface area contributed by atoms with Crippen molar-refractivity contribution in [2.24, 2.45) is 5.92 Å². The van der Waals surface area contributed by atoms with Crippen LogP contribution >= 0.6 is 0 Å². The third kappa shape index (κ3) is 4.50. The zero-order valence-corrected chi connectivity index (χ0v) is 20.7. The zero-order valence-electron chi connectivity index (χ0n) is 20.7. The molecule has 4 heterocycles. The quantitative estimate of drug-likeness (QED) is 0.418. The Bertz CT molecular complexity index is 1430. The summed E-state index contributed by atoms with van der Waals surface area (Å²) in [5, 5.41) is 8.70. The summed E-state index contributed by atoms with van der Waals surface area (Å²) >= 11 is 0. The Morgan fingerprint density at radius 3 is 2.49 bits per heavy atom. The summed E-state index contributed by atoms with van der Waals surface area (Å²) in [6.07, 6.45) is 1.80. The molecular weight excluding hydrogens is 468 g/mol. The number of carbonyl (C=O) groups is 2. The molecule has 1 atom stereocenters. The number of aryl methyl sites for hydroxylation is 1. The molecule has 0 bridgehead atoms. The minimum atomic E-state index is -0.316. The number of hydrogen-bond acceptors (Lipinski definition) is 7. The van der Waals surface area contributed by atoms with Crippen LogP contribution in [0, 0.1) is 12.8 Å². The van der Waals surface area contributed by atoms with Crippen molar-refractivity contribution in [2.75, 3.05) is 42.5 Å². The summed E-state index contributed by atoms with van der Waals surface area (Å²) in [6, 6.07) is 17.9. The van der Waals surface area contributed by atoms with Crippen LogP contribution in [-0.4, -0.2) is 74.4 Å². The maximum atomic E-state index is 13.3. The SMILES string of the molecule is Cc1ccc(N2CC(C(=O)N3CCN(c4ncnc5c4nnn5Cc4ccccc4)CC3)CC2=O)cc1. The van der Waals surface area contributed by atoms with Crippen LogP contribution in [0.5, 0.6) is 0 Å². The predicted molar refractivity (Wildman–Crippen MR) is 139 cm³/mol. The molecule has 188 valence electrons. The number of anilines is 2. The van der Waals surface area contributed by atoms with Gasteiger partial charge in [0.2, 0.25) is 11.8 Å². The number of amides is 2. The van der Waals surface area contributed by atoms with E-state index in [1.807, 2.05) is 66.4 Å². The molecule has 0 aliphatic carbocycles. The minimum Gasteiger partial charge on any atom is -0.351 e. The van der Waals surface area contributed by atoms with Gasteiger partial charge in [-0.25, -0.2) is 14.6 Å². The van der Waals surface area contributed by atoms with Gasteiger partial charge in [0.15, 0.2) is 17.0 Å². The molecule has 0 radical (unpaired) electrons. The molecule has 2 aliphatic rings. The van der Waals surface area contributed by atoms with Gasteiger partial charge >= 0.3 is 0 Å². The molecule has 2 aromatic heterocycles. The first-order valence-corrected chi connectivity index (χ1v) is 12.6. The second kappa shape index (κ2) is 9.61. The van der Waals surface area contributed by atoms with E-state index >= 15 is 0 Å². The molecule has 10 nitrogen and oxygen atoms in total. The largest absolute Gasteiger partial charge is 0.351 e. The Labute approximate surface area is 214 Å². The molecule has 0 spiro atoms. The fourth-order valence-corrected chi connectivity index (χ4v) is 5.12. The van der Waals surface area contributed by atoms with Gasteiger partial charge < -0.3 is 14.7 Å². The van der Waals surface area contributed by atoms with Gasteiger partial charge in [-0.1, -0.05) is 53.2 Å². The summed E-state index contributed by atoms with van der Waals surface area (Å²) in [5.41, 5.74) is 4.46. The predicted octanol–water partition coefficient (Wildman–Crippen LogP) is 2.28. The molecule has 1 unspecified atom stereocenters. The van der Waals surface area contributed by atoms with Crippen molar-refractivity contribution in [3.63, 3.8) is 0 Å². The van der Waals surface area contributed by atoms with Gasteiger partial charge in [-0.05, 0) is 24.6 Å². The van der Waals surface area contributed by atoms with Crippen LogP contribution < -0.4 is 9.80 Å². The average Bonchev–Trinajstić information content (AvgIpc) is 3.53. The van der Waals surface area contributed by atoms with E-state index in [1.165, 1.54) is 0 Å². The van der Waals surface area contributed by atoms with Crippen LogP contribution in [0.2, 0.25) is 0 Å². The summed E-state index contributed by atoms with van der Waals surface area (Å²) in [5.74, 6) is 0.467. The minimum absolute atomic E-state index is 0.00260. The molecule has 2 fully saturated rings. The lowest BCUT2D eigenvalue weighted by atomic mass is 10.1. The fourth-order valence-electron chi connectivity index (χ4n) is 5.12. The number of piperazine rings is 1. The van der Waals surface area contributed by atoms with Gasteiger partial charge in [0.25, 0.3) is 0 Å². The van der Waals surface area contributed by atoms with E-state index in [4.69, 9.17) is 0 Å². The van der Waals surface area contributed by atoms with E-state index < -0.39 is 0 Å². The normalized spacial score (nSPS) is 18.1. The summed E-state index contributed by atoms with van der Waals surface area (Å²) in [7, 11) is 0. The molecule has 2 saturated heterocycles. The standard InChI is InChI=1S/C27H28N8O2/c1-19-7-9-22(10-8-19)34-17-21(15-23(34)36)27(37)33-13-11-32(12-14-33)25-24-26(29-18-28-25)35(31-30-24)16-20-5-3-2-4-6-20/h2-10,18,21H,11-17H2,1H3. The van der Waals surface area contributed by atoms with E-state index in [-0.39, 0.29) is 24.2 Å². The van der Waals surface area contributed by atoms with Crippen LogP contribution in [0.1, 0.15) is 17.5 Å². The van der Waals surface area contributed by atoms with Crippen LogP contribution in [0.25, 0.3) is 11.2 Å². The smallest absolute Gasteiger partial charge is 0.228 e. The number of hydrogen-bond donors (Lipinski definition) is 0. The Morgan fingerprint density at radius 2 is 1.73 bits per heavy atom. The van der Waals surface area contributed by atoms with E-state index in [0.717, 1.165) is 22.6 Å². The van der Waals surface area contributed by atoms with Gasteiger partial charge in [0.05, 0.1) is 12.5 Å². The van der Waals surface area contributed by atoms with Crippen molar-refractivity contribution in [3.8, 4) is 0 Å². The lowest BCUT2D eigenvalue weighted by Crippen LogP contribution is -2.51. The lowest BCUT2D eigenvalue weighted by molar-refractivity contribution is -0.136. The number of fused-ring (bicyclic) bond motifs is 1. The lowest BCUT2D eigenvalue weighted by Gasteiger charge is -2.36. The van der Waals surface area contributed by atoms with Gasteiger partial charge in [-0.15, -0.1) is 5.10 Å². The van der Waals surface area contributed by atoms with E-state index in [0.29, 0.717) is 50.4 Å². The highest BCUT2D eigenvalue weighted by atomic mass is 16.2. The summed E-state index contributed by atoms with van der Waals surface area (Å²) in [4.78, 5) is 40.6. The maximum absolute atomic E-state index is 13.3. The molecule has 2 amide bonds. The van der Waals surface area contributed by atoms with Crippen molar-refractivity contribution >= 4 is 34.5 Å². The van der Waals surface area contributed by atoms with Gasteiger partial charge in [0.1, 0.15) is 6.33 Å². The van der Waals surface area contributed by atoms with Gasteiger partial charge in [-0.3, -0.25) is 9.59 Å². The second-order valence-corrected chi connectivity index (χ2v) is 9.66. The first-order valence-electron chi connectivity index (χ1n) is 12.6. The Morgan fingerprint density at radius 1 is 0.973 bits per heavy atom. The number of aromatic nitrogens is 5. The van der Waals surface area contributed by atoms with Gasteiger partial charge in [-0.2, -0.15) is 0 Å². The maximum Gasteiger partial charge on any atom is 0.228 e. The number of rotatable bonds is 5. The Hall–Kier alpha value is -4.34. The van der Waals surface area contributed by atoms with Crippen molar-refractivity contribution in [2.45, 2.75) is 19.9 Å². The van der Waals surface area contributed by atoms with Crippen LogP contribution in [0.15, 0.2) is 60.9 Å². The number of nitrogens with zero attached hydrogens (tertiary/aromatic N) is 8. The molecular formula is C27H28N8O2. The third-order valence-electron chi connectivity index (χ3n) is 7.17. The van der Waals surface area contributed by atoms with Crippen LogP contribution in [0.4, 0.5) is 11.5 Å². The highest BCUT2D eigenvalue weighted by molar-refractivity contribution is 6.00. The second-order valence-electron chi connectivity index (χ2n) is 9.66. The van der Waals surface area contributed by atoms with E-state index in [1.54, 1.807) is 15.9 Å². The highest BCUT2D eigenvalue weighted by Gasteiger charge is 2.38. The first kappa shape index (κ1) is 23.1. The van der Waals surface area contributed by atoms with Crippen LogP contribution in [-0.2, 0) is 16.1 Å². The van der Waals surface area contributed by atoms with E-state index in [9.17, 15) is 9.59 Å². The molecule has 2 aliphatic heterocycles. The molecule has 10 heteroatoms. The molecule has 4 aromatic rings. The molecule has 0 saturated carbocycles. The van der Waals surface area contributed by atoms with Crippen molar-refractivity contribution in [3.05, 3.63) is 72.1 Å². The molecule has 2 aromatic carbocycles. The zero-order chi connectivity index (χ0) is 25.4. The average molecular weight is 497 g/mol. The highest BCUT2D eigenvalue weighted by Crippen LogP contribution is 2.28. The number of benzene rings is 2. The van der Waals surface area contributed by atoms with Crippen molar-refractivity contribution in [1.29, 1.82) is 0 Å². The number of carbonyl (C=O) groups excluding carboxylic acids is 2.